The Hall–Kier alpha value is -1.10. The van der Waals surface area contributed by atoms with Crippen molar-refractivity contribution in [1.82, 2.24) is 4.98 Å². The van der Waals surface area contributed by atoms with Crippen LogP contribution in [0.5, 0.6) is 0 Å². The van der Waals surface area contributed by atoms with Crippen LogP contribution in [0.4, 0.5) is 5.13 Å². The molecule has 86 valence electrons. The number of aliphatic hydroxyl groups is 1. The van der Waals surface area contributed by atoms with Gasteiger partial charge in [-0.1, -0.05) is 23.2 Å². The van der Waals surface area contributed by atoms with E-state index in [1.54, 1.807) is 0 Å². The van der Waals surface area contributed by atoms with E-state index in [-0.39, 0.29) is 12.4 Å². The zero-order chi connectivity index (χ0) is 11.6. The average Bonchev–Trinajstić information content (AvgIpc) is 2.81. The maximum absolute atomic E-state index is 11.6. The quantitative estimate of drug-likeness (QED) is 0.721. The van der Waals surface area contributed by atoms with Gasteiger partial charge in [-0.2, -0.15) is 0 Å². The number of sulfonamides is 1. The lowest BCUT2D eigenvalue weighted by molar-refractivity contribution is 0.350. The summed E-state index contributed by atoms with van der Waals surface area (Å²) in [5.41, 5.74) is 0. The van der Waals surface area contributed by atoms with Gasteiger partial charge in [0.05, 0.1) is 16.8 Å². The lowest BCUT2D eigenvalue weighted by Crippen LogP contribution is -2.24. The summed E-state index contributed by atoms with van der Waals surface area (Å²) >= 11 is 1.22. The third kappa shape index (κ3) is 2.19. The molecule has 0 unspecified atom stereocenters. The van der Waals surface area contributed by atoms with E-state index in [2.05, 4.69) is 16.8 Å². The largest absolute Gasteiger partial charge is 0.384 e. The van der Waals surface area contributed by atoms with Crippen LogP contribution in [0.15, 0.2) is 6.20 Å². The Morgan fingerprint density at radius 3 is 3.06 bits per heavy atom. The monoisotopic (exact) mass is 258 g/mol. The third-order valence-electron chi connectivity index (χ3n) is 2.10. The van der Waals surface area contributed by atoms with Crippen LogP contribution in [0.1, 0.15) is 11.3 Å². The molecule has 0 saturated carbocycles. The lowest BCUT2D eigenvalue weighted by Gasteiger charge is -2.11. The first-order valence-corrected chi connectivity index (χ1v) is 7.12. The van der Waals surface area contributed by atoms with Gasteiger partial charge in [0, 0.05) is 6.54 Å². The molecule has 7 heteroatoms. The Kier molecular flexibility index (Phi) is 3.14. The van der Waals surface area contributed by atoms with E-state index in [0.29, 0.717) is 23.0 Å². The molecule has 2 heterocycles. The highest BCUT2D eigenvalue weighted by Gasteiger charge is 2.30. The minimum atomic E-state index is -3.16. The van der Waals surface area contributed by atoms with Gasteiger partial charge >= 0.3 is 0 Å². The molecular weight excluding hydrogens is 248 g/mol. The summed E-state index contributed by atoms with van der Waals surface area (Å²) in [6.45, 7) is 0.276. The van der Waals surface area contributed by atoms with Crippen molar-refractivity contribution in [2.24, 2.45) is 0 Å². The predicted octanol–water partition coefficient (Wildman–Crippen LogP) is 0.0268. The minimum Gasteiger partial charge on any atom is -0.384 e. The number of aromatic nitrogens is 1. The van der Waals surface area contributed by atoms with E-state index in [4.69, 9.17) is 5.11 Å². The van der Waals surface area contributed by atoms with Crippen molar-refractivity contribution < 1.29 is 13.5 Å². The summed E-state index contributed by atoms with van der Waals surface area (Å²) < 4.78 is 24.5. The van der Waals surface area contributed by atoms with Crippen molar-refractivity contribution in [2.45, 2.75) is 6.42 Å². The smallest absolute Gasteiger partial charge is 0.236 e. The molecule has 1 N–H and O–H groups in total. The van der Waals surface area contributed by atoms with Gasteiger partial charge < -0.3 is 5.11 Å². The van der Waals surface area contributed by atoms with Gasteiger partial charge in [0.2, 0.25) is 10.0 Å². The van der Waals surface area contributed by atoms with Gasteiger partial charge in [-0.15, -0.1) is 0 Å². The standard InChI is InChI=1S/C9H10N2O3S2/c12-5-1-3-8-7-10-9(15-8)11-4-2-6-16(11,13)14/h7,12H,2,4-6H2. The molecule has 0 bridgehead atoms. The van der Waals surface area contributed by atoms with Gasteiger partial charge in [0.1, 0.15) is 6.61 Å². The maximum Gasteiger partial charge on any atom is 0.236 e. The van der Waals surface area contributed by atoms with Crippen LogP contribution in [0.2, 0.25) is 0 Å². The highest BCUT2D eigenvalue weighted by Crippen LogP contribution is 2.27. The lowest BCUT2D eigenvalue weighted by atomic mass is 10.5. The van der Waals surface area contributed by atoms with E-state index in [1.165, 1.54) is 21.8 Å². The van der Waals surface area contributed by atoms with Crippen molar-refractivity contribution in [1.29, 1.82) is 0 Å². The van der Waals surface area contributed by atoms with E-state index < -0.39 is 10.0 Å². The molecule has 1 fully saturated rings. The third-order valence-corrected chi connectivity index (χ3v) is 4.98. The number of hydrogen-bond acceptors (Lipinski definition) is 5. The number of rotatable bonds is 1. The molecule has 1 saturated heterocycles. The second-order valence-electron chi connectivity index (χ2n) is 3.21. The highest BCUT2D eigenvalue weighted by molar-refractivity contribution is 7.93. The highest BCUT2D eigenvalue weighted by atomic mass is 32.2. The van der Waals surface area contributed by atoms with Crippen LogP contribution in [0, 0.1) is 11.8 Å². The van der Waals surface area contributed by atoms with Crippen LogP contribution >= 0.6 is 11.3 Å². The number of aliphatic hydroxyl groups excluding tert-OH is 1. The summed E-state index contributed by atoms with van der Waals surface area (Å²) in [5, 5.41) is 8.99. The van der Waals surface area contributed by atoms with Gasteiger partial charge in [-0.25, -0.2) is 17.7 Å². The maximum atomic E-state index is 11.6. The molecule has 1 aromatic heterocycles. The van der Waals surface area contributed by atoms with Gasteiger partial charge in [-0.05, 0) is 6.42 Å². The minimum absolute atomic E-state index is 0.185. The summed E-state index contributed by atoms with van der Waals surface area (Å²) in [4.78, 5) is 4.69. The number of anilines is 1. The molecule has 0 amide bonds. The Bertz CT molecular complexity index is 539. The number of thiazole rings is 1. The zero-order valence-electron chi connectivity index (χ0n) is 8.38. The van der Waals surface area contributed by atoms with E-state index in [0.717, 1.165) is 0 Å². The first-order chi connectivity index (χ1) is 7.63. The van der Waals surface area contributed by atoms with Crippen LogP contribution in [-0.2, 0) is 10.0 Å². The van der Waals surface area contributed by atoms with Crippen LogP contribution in [-0.4, -0.2) is 37.4 Å². The van der Waals surface area contributed by atoms with E-state index >= 15 is 0 Å². The molecule has 5 nitrogen and oxygen atoms in total. The molecule has 0 radical (unpaired) electrons. The molecule has 1 aliphatic rings. The van der Waals surface area contributed by atoms with E-state index in [1.807, 2.05) is 0 Å². The van der Waals surface area contributed by atoms with Crippen molar-refractivity contribution >= 4 is 26.5 Å². The Morgan fingerprint density at radius 2 is 2.44 bits per heavy atom. The average molecular weight is 258 g/mol. The summed E-state index contributed by atoms with van der Waals surface area (Å²) in [7, 11) is -3.16. The normalized spacial score (nSPS) is 18.2. The van der Waals surface area contributed by atoms with Gasteiger partial charge in [0.15, 0.2) is 5.13 Å². The number of nitrogens with zero attached hydrogens (tertiary/aromatic N) is 2. The van der Waals surface area contributed by atoms with Crippen molar-refractivity contribution in [3.8, 4) is 11.8 Å². The molecule has 1 aromatic rings. The van der Waals surface area contributed by atoms with Crippen LogP contribution in [0.25, 0.3) is 0 Å². The zero-order valence-corrected chi connectivity index (χ0v) is 10.0. The SMILES string of the molecule is O=S1(=O)CCCN1c1ncc(C#CCO)s1. The summed E-state index contributed by atoms with van der Waals surface area (Å²) in [5.74, 6) is 5.38. The number of hydrogen-bond donors (Lipinski definition) is 1. The molecular formula is C9H10N2O3S2. The van der Waals surface area contributed by atoms with Crippen molar-refractivity contribution in [2.75, 3.05) is 23.2 Å². The fourth-order valence-electron chi connectivity index (χ4n) is 1.42. The second-order valence-corrected chi connectivity index (χ2v) is 6.23. The Morgan fingerprint density at radius 1 is 1.62 bits per heavy atom. The summed E-state index contributed by atoms with van der Waals surface area (Å²) in [6, 6.07) is 0. The Labute approximate surface area is 97.8 Å². The van der Waals surface area contributed by atoms with E-state index in [9.17, 15) is 8.42 Å². The molecule has 0 aliphatic carbocycles. The van der Waals surface area contributed by atoms with Crippen LogP contribution in [0.3, 0.4) is 0 Å². The predicted molar refractivity (Wildman–Crippen MR) is 61.8 cm³/mol. The van der Waals surface area contributed by atoms with Crippen molar-refractivity contribution in [3.63, 3.8) is 0 Å². The molecule has 0 aromatic carbocycles. The Balaban J connectivity index is 2.25. The van der Waals surface area contributed by atoms with Crippen LogP contribution < -0.4 is 4.31 Å². The topological polar surface area (TPSA) is 70.5 Å². The first kappa shape index (κ1) is 11.4. The fraction of sp³-hybridized carbons (Fsp3) is 0.444. The summed E-state index contributed by atoms with van der Waals surface area (Å²) in [6.07, 6.45) is 2.16. The second kappa shape index (κ2) is 4.41. The van der Waals surface area contributed by atoms with Crippen molar-refractivity contribution in [3.05, 3.63) is 11.1 Å². The molecule has 0 spiro atoms. The van der Waals surface area contributed by atoms with Gasteiger partial charge in [0.25, 0.3) is 0 Å². The molecule has 1 aliphatic heterocycles. The fourth-order valence-corrected chi connectivity index (χ4v) is 4.00. The molecule has 2 rings (SSSR count). The molecule has 0 atom stereocenters. The van der Waals surface area contributed by atoms with Gasteiger partial charge in [-0.3, -0.25) is 0 Å². The molecule has 16 heavy (non-hydrogen) atoms. The first-order valence-electron chi connectivity index (χ1n) is 4.69.